The fourth-order valence-electron chi connectivity index (χ4n) is 2.20. The van der Waals surface area contributed by atoms with E-state index in [2.05, 4.69) is 48.3 Å². The minimum Gasteiger partial charge on any atom is -0.327 e. The van der Waals surface area contributed by atoms with Crippen LogP contribution in [0.25, 0.3) is 11.3 Å². The molecule has 0 amide bonds. The van der Waals surface area contributed by atoms with E-state index in [0.29, 0.717) is 12.0 Å². The molecule has 2 unspecified atom stereocenters. The molecule has 2 N–H and O–H groups in total. The van der Waals surface area contributed by atoms with Crippen molar-refractivity contribution < 1.29 is 0 Å². The van der Waals surface area contributed by atoms with Crippen LogP contribution in [-0.2, 0) is 0 Å². The Kier molecular flexibility index (Phi) is 2.45. The number of nitrogens with zero attached hydrogens (tertiary/aromatic N) is 1. The Hall–Kier alpha value is -1.67. The molecule has 0 radical (unpaired) electrons. The Morgan fingerprint density at radius 2 is 2.06 bits per heavy atom. The molecule has 1 heterocycles. The zero-order valence-corrected chi connectivity index (χ0v) is 9.93. The summed E-state index contributed by atoms with van der Waals surface area (Å²) in [6.45, 7) is 2.10. The summed E-state index contributed by atoms with van der Waals surface area (Å²) >= 11 is 0. The van der Waals surface area contributed by atoms with Crippen molar-refractivity contribution in [2.45, 2.75) is 25.3 Å². The maximum atomic E-state index is 5.84. The van der Waals surface area contributed by atoms with Crippen molar-refractivity contribution in [2.24, 2.45) is 5.73 Å². The third-order valence-corrected chi connectivity index (χ3v) is 3.37. The van der Waals surface area contributed by atoms with Crippen LogP contribution in [0.15, 0.2) is 42.6 Å². The summed E-state index contributed by atoms with van der Waals surface area (Å²) in [4.78, 5) is 4.53. The van der Waals surface area contributed by atoms with Gasteiger partial charge in [-0.25, -0.2) is 0 Å². The molecule has 2 aromatic rings. The molecule has 1 aliphatic carbocycles. The summed E-state index contributed by atoms with van der Waals surface area (Å²) in [5.74, 6) is 0.536. The smallest absolute Gasteiger partial charge is 0.0702 e. The predicted molar refractivity (Wildman–Crippen MR) is 69.7 cm³/mol. The lowest BCUT2D eigenvalue weighted by atomic mass is 10.1. The van der Waals surface area contributed by atoms with Gasteiger partial charge in [-0.05, 0) is 31.0 Å². The Morgan fingerprint density at radius 1 is 1.24 bits per heavy atom. The van der Waals surface area contributed by atoms with Crippen molar-refractivity contribution in [1.29, 1.82) is 0 Å². The van der Waals surface area contributed by atoms with Crippen LogP contribution in [0.4, 0.5) is 0 Å². The largest absolute Gasteiger partial charge is 0.327 e. The summed E-state index contributed by atoms with van der Waals surface area (Å²) in [5.41, 5.74) is 10.6. The molecular weight excluding hydrogens is 208 g/mol. The number of aryl methyl sites for hydroxylation is 1. The number of aromatic nitrogens is 1. The third-order valence-electron chi connectivity index (χ3n) is 3.37. The number of pyridine rings is 1. The molecule has 1 aliphatic rings. The molecule has 2 atom stereocenters. The molecule has 0 spiro atoms. The highest BCUT2D eigenvalue weighted by Crippen LogP contribution is 2.38. The summed E-state index contributed by atoms with van der Waals surface area (Å²) in [5, 5.41) is 0. The van der Waals surface area contributed by atoms with E-state index in [9.17, 15) is 0 Å². The summed E-state index contributed by atoms with van der Waals surface area (Å²) in [6, 6.07) is 13.0. The first kappa shape index (κ1) is 10.5. The Balaban J connectivity index is 1.89. The van der Waals surface area contributed by atoms with Gasteiger partial charge in [-0.3, -0.25) is 4.98 Å². The van der Waals surface area contributed by atoms with E-state index in [0.717, 1.165) is 12.1 Å². The topological polar surface area (TPSA) is 38.9 Å². The standard InChI is InChI=1S/C15H16N2/c1-10-3-2-4-11(7-10)15-6-5-12(9-17-15)13-8-14(13)16/h2-7,9,13-14H,8,16H2,1H3. The van der Waals surface area contributed by atoms with Gasteiger partial charge in [0.15, 0.2) is 0 Å². The van der Waals surface area contributed by atoms with Gasteiger partial charge in [0.2, 0.25) is 0 Å². The minimum absolute atomic E-state index is 0.349. The average molecular weight is 224 g/mol. The first-order valence-corrected chi connectivity index (χ1v) is 6.02. The number of hydrogen-bond acceptors (Lipinski definition) is 2. The lowest BCUT2D eigenvalue weighted by molar-refractivity contribution is 0.981. The zero-order chi connectivity index (χ0) is 11.8. The molecule has 2 heteroatoms. The number of benzene rings is 1. The highest BCUT2D eigenvalue weighted by Gasteiger charge is 2.34. The monoisotopic (exact) mass is 224 g/mol. The van der Waals surface area contributed by atoms with Gasteiger partial charge in [0, 0.05) is 23.7 Å². The highest BCUT2D eigenvalue weighted by molar-refractivity contribution is 5.60. The Labute approximate surface area is 102 Å². The lowest BCUT2D eigenvalue weighted by Crippen LogP contribution is -2.01. The SMILES string of the molecule is Cc1cccc(-c2ccc(C3CC3N)cn2)c1. The maximum Gasteiger partial charge on any atom is 0.0702 e. The van der Waals surface area contributed by atoms with Crippen molar-refractivity contribution in [2.75, 3.05) is 0 Å². The van der Waals surface area contributed by atoms with Crippen LogP contribution in [0.3, 0.4) is 0 Å². The first-order chi connectivity index (χ1) is 8.24. The molecule has 1 fully saturated rings. The van der Waals surface area contributed by atoms with E-state index in [1.54, 1.807) is 0 Å². The van der Waals surface area contributed by atoms with Crippen molar-refractivity contribution >= 4 is 0 Å². The molecule has 86 valence electrons. The van der Waals surface area contributed by atoms with Crippen molar-refractivity contribution in [1.82, 2.24) is 4.98 Å². The van der Waals surface area contributed by atoms with Gasteiger partial charge in [0.05, 0.1) is 5.69 Å². The van der Waals surface area contributed by atoms with Crippen LogP contribution >= 0.6 is 0 Å². The average Bonchev–Trinajstić information content (AvgIpc) is 3.07. The predicted octanol–water partition coefficient (Wildman–Crippen LogP) is 2.87. The molecule has 0 saturated heterocycles. The van der Waals surface area contributed by atoms with Gasteiger partial charge in [0.1, 0.15) is 0 Å². The van der Waals surface area contributed by atoms with Gasteiger partial charge in [-0.15, -0.1) is 0 Å². The fourth-order valence-corrected chi connectivity index (χ4v) is 2.20. The Bertz CT molecular complexity index is 531. The molecule has 1 aromatic carbocycles. The van der Waals surface area contributed by atoms with Gasteiger partial charge in [0.25, 0.3) is 0 Å². The molecule has 0 bridgehead atoms. The minimum atomic E-state index is 0.349. The van der Waals surface area contributed by atoms with Crippen LogP contribution in [0, 0.1) is 6.92 Å². The van der Waals surface area contributed by atoms with E-state index in [-0.39, 0.29) is 0 Å². The first-order valence-electron chi connectivity index (χ1n) is 6.02. The van der Waals surface area contributed by atoms with Crippen molar-refractivity contribution in [3.63, 3.8) is 0 Å². The van der Waals surface area contributed by atoms with Gasteiger partial charge < -0.3 is 5.73 Å². The van der Waals surface area contributed by atoms with Crippen molar-refractivity contribution in [3.8, 4) is 11.3 Å². The van der Waals surface area contributed by atoms with Crippen LogP contribution in [0.2, 0.25) is 0 Å². The van der Waals surface area contributed by atoms with E-state index < -0.39 is 0 Å². The molecular formula is C15H16N2. The number of hydrogen-bond donors (Lipinski definition) is 1. The van der Waals surface area contributed by atoms with Crippen LogP contribution < -0.4 is 5.73 Å². The summed E-state index contributed by atoms with van der Waals surface area (Å²) in [6.07, 6.45) is 3.07. The van der Waals surface area contributed by atoms with Crippen LogP contribution in [0.1, 0.15) is 23.5 Å². The summed E-state index contributed by atoms with van der Waals surface area (Å²) in [7, 11) is 0. The quantitative estimate of drug-likeness (QED) is 0.852. The van der Waals surface area contributed by atoms with Gasteiger partial charge in [-0.2, -0.15) is 0 Å². The summed E-state index contributed by atoms with van der Waals surface area (Å²) < 4.78 is 0. The van der Waals surface area contributed by atoms with Crippen molar-refractivity contribution in [3.05, 3.63) is 53.7 Å². The Morgan fingerprint density at radius 3 is 2.65 bits per heavy atom. The second-order valence-electron chi connectivity index (χ2n) is 4.85. The van der Waals surface area contributed by atoms with E-state index in [4.69, 9.17) is 5.73 Å². The van der Waals surface area contributed by atoms with Crippen LogP contribution in [0.5, 0.6) is 0 Å². The second kappa shape index (κ2) is 3.97. The molecule has 1 saturated carbocycles. The molecule has 1 aromatic heterocycles. The molecule has 2 nitrogen and oxygen atoms in total. The maximum absolute atomic E-state index is 5.84. The van der Waals surface area contributed by atoms with Gasteiger partial charge in [-0.1, -0.05) is 29.8 Å². The molecule has 17 heavy (non-hydrogen) atoms. The third kappa shape index (κ3) is 2.08. The number of rotatable bonds is 2. The van der Waals surface area contributed by atoms with Gasteiger partial charge >= 0.3 is 0 Å². The lowest BCUT2D eigenvalue weighted by Gasteiger charge is -2.03. The number of nitrogens with two attached hydrogens (primary N) is 1. The van der Waals surface area contributed by atoms with E-state index >= 15 is 0 Å². The fraction of sp³-hybridized carbons (Fsp3) is 0.267. The molecule has 3 rings (SSSR count). The molecule has 0 aliphatic heterocycles. The van der Waals surface area contributed by atoms with E-state index in [1.807, 2.05) is 6.20 Å². The highest BCUT2D eigenvalue weighted by atomic mass is 14.8. The van der Waals surface area contributed by atoms with Crippen LogP contribution in [-0.4, -0.2) is 11.0 Å². The second-order valence-corrected chi connectivity index (χ2v) is 4.85. The van der Waals surface area contributed by atoms with E-state index in [1.165, 1.54) is 16.7 Å². The normalized spacial score (nSPS) is 22.5. The zero-order valence-electron chi connectivity index (χ0n) is 9.93.